The van der Waals surface area contributed by atoms with Gasteiger partial charge in [-0.25, -0.2) is 4.39 Å². The summed E-state index contributed by atoms with van der Waals surface area (Å²) < 4.78 is 13.2. The van der Waals surface area contributed by atoms with Crippen molar-refractivity contribution >= 4 is 5.97 Å². The second kappa shape index (κ2) is 4.34. The van der Waals surface area contributed by atoms with E-state index < -0.39 is 11.6 Å². The summed E-state index contributed by atoms with van der Waals surface area (Å²) in [6.45, 7) is 0. The molecular formula is C13H21FO2. The molecule has 3 rings (SSSR count). The number of hydrogen-bond acceptors (Lipinski definition) is 1. The molecule has 0 radical (unpaired) electrons. The van der Waals surface area contributed by atoms with Gasteiger partial charge in [-0.1, -0.05) is 25.7 Å². The molecule has 0 aromatic carbocycles. The Morgan fingerprint density at radius 2 is 1.62 bits per heavy atom. The average Bonchev–Trinajstić information content (AvgIpc) is 2.11. The maximum absolute atomic E-state index is 13.2. The largest absolute Gasteiger partial charge is 0.481 e. The average molecular weight is 228 g/mol. The number of rotatable bonds is 8. The van der Waals surface area contributed by atoms with Gasteiger partial charge < -0.3 is 5.11 Å². The second-order valence-corrected chi connectivity index (χ2v) is 5.84. The fourth-order valence-electron chi connectivity index (χ4n) is 3.43. The van der Waals surface area contributed by atoms with Crippen LogP contribution >= 0.6 is 0 Å². The van der Waals surface area contributed by atoms with Gasteiger partial charge >= 0.3 is 5.97 Å². The number of aliphatic carboxylic acids is 1. The maximum atomic E-state index is 13.2. The van der Waals surface area contributed by atoms with Crippen molar-refractivity contribution in [3.8, 4) is 0 Å². The number of unbranched alkanes of at least 4 members (excludes halogenated alkanes) is 4. The lowest BCUT2D eigenvalue weighted by Crippen LogP contribution is -2.64. The van der Waals surface area contributed by atoms with E-state index in [1.54, 1.807) is 0 Å². The zero-order chi connectivity index (χ0) is 11.6. The van der Waals surface area contributed by atoms with E-state index >= 15 is 0 Å². The van der Waals surface area contributed by atoms with Crippen LogP contribution in [0.4, 0.5) is 4.39 Å². The molecule has 0 spiro atoms. The van der Waals surface area contributed by atoms with Gasteiger partial charge in [-0.3, -0.25) is 4.79 Å². The first-order valence-corrected chi connectivity index (χ1v) is 6.45. The van der Waals surface area contributed by atoms with E-state index in [0.29, 0.717) is 11.8 Å². The van der Waals surface area contributed by atoms with Crippen LogP contribution in [-0.4, -0.2) is 16.7 Å². The van der Waals surface area contributed by atoms with Crippen LogP contribution in [-0.2, 0) is 4.79 Å². The molecule has 0 unspecified atom stereocenters. The summed E-state index contributed by atoms with van der Waals surface area (Å²) >= 11 is 0. The molecule has 3 fully saturated rings. The van der Waals surface area contributed by atoms with Gasteiger partial charge in [0.1, 0.15) is 5.67 Å². The molecule has 3 heteroatoms. The minimum atomic E-state index is -0.749. The summed E-state index contributed by atoms with van der Waals surface area (Å²) in [6.07, 6.45) is 9.28. The molecule has 1 N–H and O–H groups in total. The first-order chi connectivity index (χ1) is 7.54. The highest BCUT2D eigenvalue weighted by Crippen LogP contribution is 2.71. The summed E-state index contributed by atoms with van der Waals surface area (Å²) in [4.78, 5) is 10.3. The zero-order valence-corrected chi connectivity index (χ0v) is 9.80. The zero-order valence-electron chi connectivity index (χ0n) is 9.80. The Morgan fingerprint density at radius 1 is 1.06 bits per heavy atom. The highest BCUT2D eigenvalue weighted by Gasteiger charge is 2.68. The number of carbonyl (C=O) groups is 1. The van der Waals surface area contributed by atoms with E-state index in [1.807, 2.05) is 0 Å². The van der Waals surface area contributed by atoms with Gasteiger partial charge in [0, 0.05) is 6.42 Å². The van der Waals surface area contributed by atoms with Crippen LogP contribution in [0.2, 0.25) is 0 Å². The predicted molar refractivity (Wildman–Crippen MR) is 60.1 cm³/mol. The number of hydrogen-bond donors (Lipinski definition) is 1. The van der Waals surface area contributed by atoms with Gasteiger partial charge in [-0.05, 0) is 37.5 Å². The van der Waals surface area contributed by atoms with E-state index in [4.69, 9.17) is 5.11 Å². The molecule has 3 aliphatic carbocycles. The highest BCUT2D eigenvalue weighted by molar-refractivity contribution is 5.66. The lowest BCUT2D eigenvalue weighted by molar-refractivity contribution is -0.217. The van der Waals surface area contributed by atoms with Crippen LogP contribution in [0.15, 0.2) is 0 Å². The van der Waals surface area contributed by atoms with Crippen LogP contribution in [0.3, 0.4) is 0 Å². The smallest absolute Gasteiger partial charge is 0.303 e. The fourth-order valence-corrected chi connectivity index (χ4v) is 3.43. The van der Waals surface area contributed by atoms with Gasteiger partial charge in [0.05, 0.1) is 0 Å². The molecule has 0 atom stereocenters. The summed E-state index contributed by atoms with van der Waals surface area (Å²) in [5.41, 5.74) is -0.350. The van der Waals surface area contributed by atoms with Crippen molar-refractivity contribution in [3.05, 3.63) is 0 Å². The molecule has 0 amide bonds. The molecule has 0 aromatic heterocycles. The Labute approximate surface area is 96.2 Å². The second-order valence-electron chi connectivity index (χ2n) is 5.84. The number of carboxylic acid groups (broad SMARTS) is 1. The monoisotopic (exact) mass is 228 g/mol. The quantitative estimate of drug-likeness (QED) is 0.643. The Kier molecular flexibility index (Phi) is 3.22. The van der Waals surface area contributed by atoms with E-state index in [-0.39, 0.29) is 0 Å². The Morgan fingerprint density at radius 3 is 2.19 bits per heavy atom. The summed E-state index contributed by atoms with van der Waals surface area (Å²) in [6, 6.07) is 0. The van der Waals surface area contributed by atoms with Gasteiger partial charge in [-0.2, -0.15) is 0 Å². The molecular weight excluding hydrogens is 207 g/mol. The minimum Gasteiger partial charge on any atom is -0.481 e. The van der Waals surface area contributed by atoms with E-state index in [9.17, 15) is 9.18 Å². The number of alkyl halides is 1. The molecule has 0 aromatic rings. The Balaban J connectivity index is 1.40. The third-order valence-corrected chi connectivity index (χ3v) is 4.17. The van der Waals surface area contributed by atoms with Crippen molar-refractivity contribution in [1.82, 2.24) is 0 Å². The molecule has 0 aliphatic heterocycles. The highest BCUT2D eigenvalue weighted by atomic mass is 19.1. The summed E-state index contributed by atoms with van der Waals surface area (Å²) in [5, 5.41) is 8.46. The van der Waals surface area contributed by atoms with Gasteiger partial charge in [0.25, 0.3) is 0 Å². The molecule has 92 valence electrons. The maximum Gasteiger partial charge on any atom is 0.303 e. The van der Waals surface area contributed by atoms with Crippen molar-refractivity contribution in [3.63, 3.8) is 0 Å². The van der Waals surface area contributed by atoms with Gasteiger partial charge in [0.2, 0.25) is 0 Å². The fraction of sp³-hybridized carbons (Fsp3) is 0.923. The molecule has 2 nitrogen and oxygen atoms in total. The SMILES string of the molecule is O=C(O)CCCCCCCC12CC(F)(C1)C2. The van der Waals surface area contributed by atoms with E-state index in [1.165, 1.54) is 19.3 Å². The van der Waals surface area contributed by atoms with Crippen LogP contribution < -0.4 is 0 Å². The molecule has 16 heavy (non-hydrogen) atoms. The van der Waals surface area contributed by atoms with Crippen LogP contribution in [0.5, 0.6) is 0 Å². The van der Waals surface area contributed by atoms with Crippen molar-refractivity contribution in [2.45, 2.75) is 69.9 Å². The van der Waals surface area contributed by atoms with E-state index in [2.05, 4.69) is 0 Å². The van der Waals surface area contributed by atoms with E-state index in [0.717, 1.165) is 38.5 Å². The Hall–Kier alpha value is -0.600. The van der Waals surface area contributed by atoms with Gasteiger partial charge in [0.15, 0.2) is 0 Å². The van der Waals surface area contributed by atoms with Crippen molar-refractivity contribution < 1.29 is 14.3 Å². The molecule has 3 aliphatic rings. The first-order valence-electron chi connectivity index (χ1n) is 6.45. The topological polar surface area (TPSA) is 37.3 Å². The molecule has 3 saturated carbocycles. The summed E-state index contributed by atoms with van der Waals surface area (Å²) in [7, 11) is 0. The third-order valence-electron chi connectivity index (χ3n) is 4.17. The molecule has 0 heterocycles. The van der Waals surface area contributed by atoms with Crippen molar-refractivity contribution in [2.75, 3.05) is 0 Å². The number of carboxylic acids is 1. The predicted octanol–water partition coefficient (Wildman–Crippen LogP) is 3.69. The van der Waals surface area contributed by atoms with Gasteiger partial charge in [-0.15, -0.1) is 0 Å². The first kappa shape index (κ1) is 11.9. The van der Waals surface area contributed by atoms with Crippen LogP contribution in [0.1, 0.15) is 64.2 Å². The normalized spacial score (nSPS) is 35.3. The third kappa shape index (κ3) is 2.55. The molecule has 2 bridgehead atoms. The number of halogens is 1. The standard InChI is InChI=1S/C13H21FO2/c14-13-8-12(9-13,10-13)7-5-3-1-2-4-6-11(15)16/h1-10H2,(H,15,16). The molecule has 0 saturated heterocycles. The van der Waals surface area contributed by atoms with Crippen molar-refractivity contribution in [2.24, 2.45) is 5.41 Å². The summed E-state index contributed by atoms with van der Waals surface area (Å²) in [5.74, 6) is -0.692. The van der Waals surface area contributed by atoms with Crippen LogP contribution in [0.25, 0.3) is 0 Å². The van der Waals surface area contributed by atoms with Crippen LogP contribution in [0, 0.1) is 5.41 Å². The Bertz CT molecular complexity index is 255. The van der Waals surface area contributed by atoms with Crippen molar-refractivity contribution in [1.29, 1.82) is 0 Å². The lowest BCUT2D eigenvalue weighted by atomic mass is 9.41. The lowest BCUT2D eigenvalue weighted by Gasteiger charge is -2.66. The minimum absolute atomic E-state index is 0.300.